The average molecular weight is 257 g/mol. The lowest BCUT2D eigenvalue weighted by molar-refractivity contribution is -0.160. The summed E-state index contributed by atoms with van der Waals surface area (Å²) in [4.78, 5) is 11.1. The molecule has 0 fully saturated rings. The highest BCUT2D eigenvalue weighted by Gasteiger charge is 2.35. The van der Waals surface area contributed by atoms with Gasteiger partial charge in [0.05, 0.1) is 18.7 Å². The zero-order valence-corrected chi connectivity index (χ0v) is 10.1. The van der Waals surface area contributed by atoms with E-state index in [9.17, 15) is 23.1 Å². The van der Waals surface area contributed by atoms with E-state index in [1.807, 2.05) is 0 Å². The van der Waals surface area contributed by atoms with Gasteiger partial charge in [0.2, 0.25) is 0 Å². The molecule has 102 valence electrons. The van der Waals surface area contributed by atoms with E-state index in [0.717, 1.165) is 0 Å². The Morgan fingerprint density at radius 2 is 1.76 bits per heavy atom. The van der Waals surface area contributed by atoms with Gasteiger partial charge in [-0.05, 0) is 12.8 Å². The van der Waals surface area contributed by atoms with Gasteiger partial charge in [-0.1, -0.05) is 13.8 Å². The number of halogens is 3. The van der Waals surface area contributed by atoms with Crippen LogP contribution >= 0.6 is 0 Å². The third-order valence-electron chi connectivity index (χ3n) is 2.55. The van der Waals surface area contributed by atoms with Gasteiger partial charge in [0.1, 0.15) is 0 Å². The number of hydrogen-bond acceptors (Lipinski definition) is 3. The molecule has 0 aromatic carbocycles. The van der Waals surface area contributed by atoms with Crippen LogP contribution in [0, 0.1) is 5.92 Å². The van der Waals surface area contributed by atoms with Gasteiger partial charge in [-0.15, -0.1) is 0 Å². The molecule has 4 nitrogen and oxygen atoms in total. The van der Waals surface area contributed by atoms with E-state index in [2.05, 4.69) is 0 Å². The first-order chi connectivity index (χ1) is 7.44. The summed E-state index contributed by atoms with van der Waals surface area (Å²) in [6, 6.07) is 0. The Morgan fingerprint density at radius 1 is 1.29 bits per heavy atom. The molecular formula is C10H18F3NO3. The first-order valence-electron chi connectivity index (χ1n) is 5.17. The molecule has 1 atom stereocenters. The number of hydrogen-bond donors (Lipinski definition) is 2. The molecule has 1 unspecified atom stereocenters. The van der Waals surface area contributed by atoms with Gasteiger partial charge in [-0.25, -0.2) is 0 Å². The van der Waals surface area contributed by atoms with Gasteiger partial charge < -0.3 is 10.2 Å². The number of aliphatic hydroxyl groups is 1. The van der Waals surface area contributed by atoms with Crippen molar-refractivity contribution in [3.8, 4) is 0 Å². The zero-order chi connectivity index (χ0) is 13.9. The summed E-state index contributed by atoms with van der Waals surface area (Å²) in [6.45, 7) is 2.28. The van der Waals surface area contributed by atoms with Crippen molar-refractivity contribution in [3.63, 3.8) is 0 Å². The molecule has 0 aromatic heterocycles. The fraction of sp³-hybridized carbons (Fsp3) is 0.900. The summed E-state index contributed by atoms with van der Waals surface area (Å²) >= 11 is 0. The molecule has 0 aliphatic heterocycles. The monoisotopic (exact) mass is 257 g/mol. The molecular weight excluding hydrogens is 239 g/mol. The number of nitrogens with zero attached hydrogens (tertiary/aromatic N) is 1. The van der Waals surface area contributed by atoms with Crippen LogP contribution in [0.2, 0.25) is 0 Å². The quantitative estimate of drug-likeness (QED) is 0.754. The van der Waals surface area contributed by atoms with E-state index >= 15 is 0 Å². The summed E-state index contributed by atoms with van der Waals surface area (Å²) in [5.74, 6) is -1.62. The van der Waals surface area contributed by atoms with E-state index < -0.39 is 30.8 Å². The van der Waals surface area contributed by atoms with Crippen LogP contribution < -0.4 is 0 Å². The van der Waals surface area contributed by atoms with Crippen molar-refractivity contribution in [1.29, 1.82) is 0 Å². The minimum absolute atomic E-state index is 0.271. The van der Waals surface area contributed by atoms with E-state index in [1.54, 1.807) is 13.8 Å². The van der Waals surface area contributed by atoms with Crippen LogP contribution in [-0.4, -0.2) is 52.5 Å². The van der Waals surface area contributed by atoms with Crippen LogP contribution in [0.5, 0.6) is 0 Å². The molecule has 0 aromatic rings. The van der Waals surface area contributed by atoms with Crippen molar-refractivity contribution in [1.82, 2.24) is 4.90 Å². The highest BCUT2D eigenvalue weighted by atomic mass is 19.4. The van der Waals surface area contributed by atoms with Crippen molar-refractivity contribution in [2.45, 2.75) is 32.5 Å². The van der Waals surface area contributed by atoms with Crippen LogP contribution in [0.3, 0.4) is 0 Å². The first-order valence-corrected chi connectivity index (χ1v) is 5.17. The largest absolute Gasteiger partial charge is 0.480 e. The summed E-state index contributed by atoms with van der Waals surface area (Å²) < 4.78 is 36.6. The molecule has 0 amide bonds. The third kappa shape index (κ3) is 7.17. The smallest absolute Gasteiger partial charge is 0.401 e. The normalized spacial score (nSPS) is 16.3. The number of carboxylic acid groups (broad SMARTS) is 1. The molecule has 2 N–H and O–H groups in total. The Labute approximate surface area is 98.0 Å². The van der Waals surface area contributed by atoms with Crippen molar-refractivity contribution >= 4 is 5.97 Å². The number of alkyl halides is 3. The predicted octanol–water partition coefficient (Wildman–Crippen LogP) is 1.34. The molecule has 0 radical (unpaired) electrons. The van der Waals surface area contributed by atoms with Crippen LogP contribution in [0.1, 0.15) is 20.8 Å². The molecule has 0 bridgehead atoms. The zero-order valence-electron chi connectivity index (χ0n) is 10.1. The van der Waals surface area contributed by atoms with Crippen LogP contribution in [0.15, 0.2) is 0 Å². The summed E-state index contributed by atoms with van der Waals surface area (Å²) in [5, 5.41) is 18.4. The minimum atomic E-state index is -4.48. The molecule has 17 heavy (non-hydrogen) atoms. The van der Waals surface area contributed by atoms with E-state index in [0.29, 0.717) is 4.90 Å². The van der Waals surface area contributed by atoms with Gasteiger partial charge in [0.25, 0.3) is 0 Å². The fourth-order valence-electron chi connectivity index (χ4n) is 1.25. The molecule has 0 spiro atoms. The Morgan fingerprint density at radius 3 is 2.06 bits per heavy atom. The second-order valence-corrected chi connectivity index (χ2v) is 4.67. The van der Waals surface area contributed by atoms with Crippen molar-refractivity contribution in [3.05, 3.63) is 0 Å². The Balaban J connectivity index is 4.65. The third-order valence-corrected chi connectivity index (χ3v) is 2.55. The molecule has 7 heteroatoms. The summed E-state index contributed by atoms with van der Waals surface area (Å²) in [7, 11) is 0. The maximum Gasteiger partial charge on any atom is 0.401 e. The number of carboxylic acids is 1. The SMILES string of the molecule is CC(C)C(C)(O)CN(CC(=O)O)CC(F)(F)F. The lowest BCUT2D eigenvalue weighted by Crippen LogP contribution is -2.49. The fourth-order valence-corrected chi connectivity index (χ4v) is 1.25. The van der Waals surface area contributed by atoms with Gasteiger partial charge in [0.15, 0.2) is 0 Å². The van der Waals surface area contributed by atoms with Crippen molar-refractivity contribution in [2.24, 2.45) is 5.92 Å². The maximum atomic E-state index is 12.2. The van der Waals surface area contributed by atoms with Gasteiger partial charge in [-0.2, -0.15) is 13.2 Å². The maximum absolute atomic E-state index is 12.2. The Bertz CT molecular complexity index is 264. The van der Waals surface area contributed by atoms with E-state index in [4.69, 9.17) is 5.11 Å². The number of aliphatic carboxylic acids is 1. The predicted molar refractivity (Wildman–Crippen MR) is 55.6 cm³/mol. The average Bonchev–Trinajstić information content (AvgIpc) is 1.96. The minimum Gasteiger partial charge on any atom is -0.480 e. The van der Waals surface area contributed by atoms with Crippen LogP contribution in [0.25, 0.3) is 0 Å². The lowest BCUT2D eigenvalue weighted by Gasteiger charge is -2.33. The molecule has 0 aliphatic rings. The van der Waals surface area contributed by atoms with Gasteiger partial charge in [0, 0.05) is 6.54 Å². The van der Waals surface area contributed by atoms with Gasteiger partial charge >= 0.3 is 12.1 Å². The number of rotatable bonds is 6. The summed E-state index contributed by atoms with van der Waals surface area (Å²) in [5.41, 5.74) is -1.36. The topological polar surface area (TPSA) is 60.8 Å². The highest BCUT2D eigenvalue weighted by molar-refractivity contribution is 5.69. The van der Waals surface area contributed by atoms with Crippen molar-refractivity contribution < 1.29 is 28.2 Å². The first kappa shape index (κ1) is 16.2. The van der Waals surface area contributed by atoms with E-state index in [1.165, 1.54) is 6.92 Å². The number of carbonyl (C=O) groups is 1. The van der Waals surface area contributed by atoms with Crippen LogP contribution in [0.4, 0.5) is 13.2 Å². The lowest BCUT2D eigenvalue weighted by atomic mass is 9.92. The van der Waals surface area contributed by atoms with Crippen molar-refractivity contribution in [2.75, 3.05) is 19.6 Å². The van der Waals surface area contributed by atoms with E-state index in [-0.39, 0.29) is 12.5 Å². The van der Waals surface area contributed by atoms with Gasteiger partial charge in [-0.3, -0.25) is 9.69 Å². The molecule has 0 saturated carbocycles. The Kier molecular flexibility index (Phi) is 5.41. The standard InChI is InChI=1S/C10H18F3NO3/c1-7(2)9(3,17)5-14(4-8(15)16)6-10(11,12)13/h7,17H,4-6H2,1-3H3,(H,15,16). The molecule has 0 heterocycles. The second kappa shape index (κ2) is 5.68. The second-order valence-electron chi connectivity index (χ2n) is 4.67. The molecule has 0 saturated heterocycles. The molecule has 0 aliphatic carbocycles. The Hall–Kier alpha value is -0.820. The van der Waals surface area contributed by atoms with Crippen LogP contribution in [-0.2, 0) is 4.79 Å². The molecule has 0 rings (SSSR count). The highest BCUT2D eigenvalue weighted by Crippen LogP contribution is 2.21. The summed E-state index contributed by atoms with van der Waals surface area (Å²) in [6.07, 6.45) is -4.48.